The Hall–Kier alpha value is -1.31. The van der Waals surface area contributed by atoms with Crippen molar-refractivity contribution in [3.8, 4) is 11.5 Å². The molecule has 3 aromatic rings. The summed E-state index contributed by atoms with van der Waals surface area (Å²) >= 11 is 0. The van der Waals surface area contributed by atoms with Crippen molar-refractivity contribution in [2.24, 2.45) is 0 Å². The van der Waals surface area contributed by atoms with Gasteiger partial charge in [0.2, 0.25) is 0 Å². The van der Waals surface area contributed by atoms with E-state index in [0.29, 0.717) is 27.7 Å². The first-order valence-electron chi connectivity index (χ1n) is 6.52. The van der Waals surface area contributed by atoms with Crippen LogP contribution in [-0.4, -0.2) is 27.2 Å². The molecule has 116 valence electrons. The van der Waals surface area contributed by atoms with Gasteiger partial charge in [-0.1, -0.05) is 36.4 Å². The summed E-state index contributed by atoms with van der Waals surface area (Å²) in [6.45, 7) is 0. The quantitative estimate of drug-likeness (QED) is 0.423. The fourth-order valence-electron chi connectivity index (χ4n) is 2.76. The predicted octanol–water partition coefficient (Wildman–Crippen LogP) is 0.373. The molecule has 0 amide bonds. The van der Waals surface area contributed by atoms with Gasteiger partial charge in [-0.15, -0.1) is 0 Å². The molecule has 0 bridgehead atoms. The molecule has 3 rings (SSSR count). The second kappa shape index (κ2) is 6.67. The maximum atomic E-state index is 11.7. The Kier molecular flexibility index (Phi) is 5.23. The summed E-state index contributed by atoms with van der Waals surface area (Å²) in [7, 11) is -1.40. The summed E-state index contributed by atoms with van der Waals surface area (Å²) in [6.07, 6.45) is 0. The summed E-state index contributed by atoms with van der Waals surface area (Å²) in [4.78, 5) is -0.203. The number of ether oxygens (including phenoxy) is 2. The molecule has 23 heavy (non-hydrogen) atoms. The summed E-state index contributed by atoms with van der Waals surface area (Å²) in [5.41, 5.74) is 0. The number of methoxy groups -OCH3 is 2. The molecule has 5 nitrogen and oxygen atoms in total. The second-order valence-corrected chi connectivity index (χ2v) is 6.16. The molecule has 0 fully saturated rings. The first kappa shape index (κ1) is 18.0. The maximum absolute atomic E-state index is 11.7. The molecule has 0 saturated carbocycles. The number of benzene rings is 3. The van der Waals surface area contributed by atoms with Crippen molar-refractivity contribution in [3.05, 3.63) is 42.5 Å². The maximum Gasteiger partial charge on any atom is 1.00 e. The SMILES string of the molecule is COc1c2ccccc2c(OC)c2c(S(=O)(=O)O)cccc12.[H-].[Na+]. The van der Waals surface area contributed by atoms with Crippen LogP contribution >= 0.6 is 0 Å². The van der Waals surface area contributed by atoms with Crippen molar-refractivity contribution in [1.82, 2.24) is 0 Å². The van der Waals surface area contributed by atoms with E-state index in [2.05, 4.69) is 0 Å². The fourth-order valence-corrected chi connectivity index (χ4v) is 3.47. The van der Waals surface area contributed by atoms with Gasteiger partial charge in [0.15, 0.2) is 0 Å². The molecule has 3 aromatic carbocycles. The van der Waals surface area contributed by atoms with Crippen LogP contribution < -0.4 is 39.0 Å². The van der Waals surface area contributed by atoms with E-state index in [-0.39, 0.29) is 35.9 Å². The average Bonchev–Trinajstić information content (AvgIpc) is 2.50. The first-order valence-corrected chi connectivity index (χ1v) is 7.96. The molecule has 0 heterocycles. The molecule has 0 aromatic heterocycles. The van der Waals surface area contributed by atoms with Gasteiger partial charge in [0.1, 0.15) is 16.4 Å². The monoisotopic (exact) mass is 342 g/mol. The van der Waals surface area contributed by atoms with Gasteiger partial charge in [-0.25, -0.2) is 0 Å². The van der Waals surface area contributed by atoms with Gasteiger partial charge in [0.25, 0.3) is 10.1 Å². The molecule has 1 N–H and O–H groups in total. The van der Waals surface area contributed by atoms with Crippen LogP contribution in [-0.2, 0) is 10.1 Å². The van der Waals surface area contributed by atoms with Crippen molar-refractivity contribution in [1.29, 1.82) is 0 Å². The molecule has 0 aliphatic heterocycles. The smallest absolute Gasteiger partial charge is 1.00 e. The van der Waals surface area contributed by atoms with Gasteiger partial charge in [0, 0.05) is 21.5 Å². The van der Waals surface area contributed by atoms with Crippen LogP contribution in [0.15, 0.2) is 47.4 Å². The fraction of sp³-hybridized carbons (Fsp3) is 0.125. The minimum absolute atomic E-state index is 0. The van der Waals surface area contributed by atoms with Gasteiger partial charge in [0.05, 0.1) is 14.2 Å². The molecule has 0 unspecified atom stereocenters. The summed E-state index contributed by atoms with van der Waals surface area (Å²) < 4.78 is 43.9. The van der Waals surface area contributed by atoms with E-state index in [9.17, 15) is 13.0 Å². The van der Waals surface area contributed by atoms with E-state index in [0.717, 1.165) is 5.39 Å². The minimum atomic E-state index is -4.39. The van der Waals surface area contributed by atoms with Crippen molar-refractivity contribution in [2.75, 3.05) is 14.2 Å². The van der Waals surface area contributed by atoms with E-state index in [1.807, 2.05) is 24.3 Å². The summed E-state index contributed by atoms with van der Waals surface area (Å²) in [6, 6.07) is 12.0. The van der Waals surface area contributed by atoms with Crippen LogP contribution in [0.2, 0.25) is 0 Å². The summed E-state index contributed by atoms with van der Waals surface area (Å²) in [5, 5.41) is 2.39. The number of rotatable bonds is 3. The third-order valence-electron chi connectivity index (χ3n) is 3.60. The van der Waals surface area contributed by atoms with Crippen LogP contribution in [0.5, 0.6) is 11.5 Å². The number of fused-ring (bicyclic) bond motifs is 2. The van der Waals surface area contributed by atoms with Gasteiger partial charge < -0.3 is 10.9 Å². The zero-order chi connectivity index (χ0) is 15.9. The number of hydrogen-bond acceptors (Lipinski definition) is 4. The molecule has 0 saturated heterocycles. The minimum Gasteiger partial charge on any atom is -1.00 e. The third kappa shape index (κ3) is 2.93. The van der Waals surface area contributed by atoms with Gasteiger partial charge in [-0.05, 0) is 6.07 Å². The molecule has 0 atom stereocenters. The molecule has 0 spiro atoms. The van der Waals surface area contributed by atoms with Crippen LogP contribution in [0.25, 0.3) is 21.5 Å². The average molecular weight is 342 g/mol. The van der Waals surface area contributed by atoms with Crippen LogP contribution in [0.4, 0.5) is 0 Å². The topological polar surface area (TPSA) is 72.8 Å². The molecular formula is C16H15NaO5S. The Balaban J connectivity index is 0.00000144. The van der Waals surface area contributed by atoms with Crippen molar-refractivity contribution < 1.29 is 53.4 Å². The van der Waals surface area contributed by atoms with Gasteiger partial charge >= 0.3 is 29.6 Å². The van der Waals surface area contributed by atoms with Crippen LogP contribution in [0.1, 0.15) is 1.43 Å². The molecule has 0 aliphatic carbocycles. The third-order valence-corrected chi connectivity index (χ3v) is 4.50. The summed E-state index contributed by atoms with van der Waals surface area (Å²) in [5.74, 6) is 0.927. The molecule has 0 aliphatic rings. The zero-order valence-corrected chi connectivity index (χ0v) is 15.8. The van der Waals surface area contributed by atoms with Gasteiger partial charge in [-0.3, -0.25) is 4.55 Å². The standard InChI is InChI=1S/C16H14O5S.Na.H/c1-20-15-10-6-3-4-7-11(10)16(21-2)14-12(15)8-5-9-13(14)22(17,18)19;;/h3-9H,1-2H3,(H,17,18,19);;/q;+1;-1. The zero-order valence-electron chi connectivity index (χ0n) is 14.0. The Morgan fingerprint density at radius 1 is 0.870 bits per heavy atom. The van der Waals surface area contributed by atoms with Gasteiger partial charge in [-0.2, -0.15) is 8.42 Å². The Labute approximate surface area is 157 Å². The normalized spacial score (nSPS) is 11.3. The Morgan fingerprint density at radius 3 is 1.91 bits per heavy atom. The van der Waals surface area contributed by atoms with E-state index in [1.54, 1.807) is 12.1 Å². The van der Waals surface area contributed by atoms with E-state index in [4.69, 9.17) is 9.47 Å². The number of hydrogen-bond donors (Lipinski definition) is 1. The largest absolute Gasteiger partial charge is 1.00 e. The van der Waals surface area contributed by atoms with Crippen molar-refractivity contribution in [2.45, 2.75) is 4.90 Å². The second-order valence-electron chi connectivity index (χ2n) is 4.77. The van der Waals surface area contributed by atoms with Crippen LogP contribution in [0, 0.1) is 0 Å². The molecular weight excluding hydrogens is 327 g/mol. The van der Waals surface area contributed by atoms with E-state index in [1.165, 1.54) is 20.3 Å². The van der Waals surface area contributed by atoms with Crippen LogP contribution in [0.3, 0.4) is 0 Å². The van der Waals surface area contributed by atoms with E-state index < -0.39 is 10.1 Å². The molecule has 0 radical (unpaired) electrons. The first-order chi connectivity index (χ1) is 10.5. The van der Waals surface area contributed by atoms with Crippen molar-refractivity contribution in [3.63, 3.8) is 0 Å². The van der Waals surface area contributed by atoms with Crippen molar-refractivity contribution >= 4 is 31.7 Å². The Bertz CT molecular complexity index is 989. The van der Waals surface area contributed by atoms with E-state index >= 15 is 0 Å². The molecule has 7 heteroatoms. The predicted molar refractivity (Wildman–Crippen MR) is 85.5 cm³/mol. The Morgan fingerprint density at radius 2 is 1.39 bits per heavy atom.